The maximum absolute atomic E-state index is 13.4. The number of hydrogen-bond acceptors (Lipinski definition) is 4. The maximum atomic E-state index is 13.4. The van der Waals surface area contributed by atoms with Crippen molar-refractivity contribution in [1.82, 2.24) is 0 Å². The highest BCUT2D eigenvalue weighted by atomic mass is 19.3. The van der Waals surface area contributed by atoms with Gasteiger partial charge in [0.2, 0.25) is 0 Å². The Kier molecular flexibility index (Phi) is 5.03. The Labute approximate surface area is 103 Å². The summed E-state index contributed by atoms with van der Waals surface area (Å²) in [5, 5.41) is 8.80. The molecule has 0 aliphatic rings. The van der Waals surface area contributed by atoms with Crippen LogP contribution in [0.15, 0.2) is 24.3 Å². The van der Waals surface area contributed by atoms with Gasteiger partial charge in [0.05, 0.1) is 6.61 Å². The van der Waals surface area contributed by atoms with Gasteiger partial charge >= 0.3 is 12.1 Å². The molecule has 0 saturated heterocycles. The van der Waals surface area contributed by atoms with E-state index in [-0.39, 0.29) is 25.4 Å². The van der Waals surface area contributed by atoms with Gasteiger partial charge in [0, 0.05) is 6.61 Å². The largest absolute Gasteiger partial charge is 0.502 e. The van der Waals surface area contributed by atoms with E-state index >= 15 is 0 Å². The first kappa shape index (κ1) is 14.4. The Balaban J connectivity index is 2.86. The molecule has 0 aromatic heterocycles. The zero-order valence-electron chi connectivity index (χ0n) is 9.86. The van der Waals surface area contributed by atoms with Crippen molar-refractivity contribution in [2.75, 3.05) is 13.2 Å². The molecule has 0 aliphatic carbocycles. The van der Waals surface area contributed by atoms with Crippen molar-refractivity contribution in [1.29, 1.82) is 0 Å². The number of halogens is 2. The van der Waals surface area contributed by atoms with Gasteiger partial charge in [-0.15, -0.1) is 0 Å². The quantitative estimate of drug-likeness (QED) is 0.792. The molecule has 0 unspecified atom stereocenters. The number of aliphatic hydroxyl groups excluding tert-OH is 1. The third-order valence-electron chi connectivity index (χ3n) is 2.10. The lowest BCUT2D eigenvalue weighted by Gasteiger charge is -2.17. The zero-order chi connectivity index (χ0) is 13.6. The lowest BCUT2D eigenvalue weighted by atomic mass is 10.1. The fourth-order valence-electron chi connectivity index (χ4n) is 1.33. The van der Waals surface area contributed by atoms with Crippen LogP contribution in [-0.2, 0) is 16.0 Å². The topological polar surface area (TPSA) is 55.8 Å². The van der Waals surface area contributed by atoms with Crippen molar-refractivity contribution < 1.29 is 28.2 Å². The van der Waals surface area contributed by atoms with Crippen molar-refractivity contribution in [2.45, 2.75) is 19.5 Å². The molecule has 0 amide bonds. The van der Waals surface area contributed by atoms with Crippen molar-refractivity contribution in [3.05, 3.63) is 29.8 Å². The number of para-hydroxylation sites is 1. The second-order valence-corrected chi connectivity index (χ2v) is 3.42. The van der Waals surface area contributed by atoms with Crippen LogP contribution in [0.3, 0.4) is 0 Å². The molecule has 18 heavy (non-hydrogen) atoms. The Morgan fingerprint density at radius 1 is 1.39 bits per heavy atom. The van der Waals surface area contributed by atoms with Gasteiger partial charge in [0.15, 0.2) is 0 Å². The van der Waals surface area contributed by atoms with Gasteiger partial charge < -0.3 is 14.6 Å². The summed E-state index contributed by atoms with van der Waals surface area (Å²) in [7, 11) is 0. The van der Waals surface area contributed by atoms with Crippen LogP contribution < -0.4 is 4.74 Å². The first-order chi connectivity index (χ1) is 8.51. The maximum Gasteiger partial charge on any atom is 0.502 e. The normalized spacial score (nSPS) is 11.1. The molecule has 0 bridgehead atoms. The fraction of sp³-hybridized carbons (Fsp3) is 0.417. The molecular formula is C12H14F2O4. The summed E-state index contributed by atoms with van der Waals surface area (Å²) < 4.78 is 35.3. The molecule has 0 heterocycles. The van der Waals surface area contributed by atoms with E-state index in [1.165, 1.54) is 25.1 Å². The predicted molar refractivity (Wildman–Crippen MR) is 59.4 cm³/mol. The van der Waals surface area contributed by atoms with Gasteiger partial charge in [0.1, 0.15) is 5.75 Å². The number of ether oxygens (including phenoxy) is 2. The van der Waals surface area contributed by atoms with Crippen LogP contribution in [0.1, 0.15) is 12.5 Å². The molecule has 0 aliphatic heterocycles. The molecule has 1 N–H and O–H groups in total. The van der Waals surface area contributed by atoms with E-state index in [2.05, 4.69) is 9.47 Å². The predicted octanol–water partition coefficient (Wildman–Crippen LogP) is 1.76. The summed E-state index contributed by atoms with van der Waals surface area (Å²) in [5.74, 6) is -1.88. The first-order valence-corrected chi connectivity index (χ1v) is 5.44. The van der Waals surface area contributed by atoms with Crippen LogP contribution in [0.5, 0.6) is 5.75 Å². The van der Waals surface area contributed by atoms with Crippen LogP contribution in [0.4, 0.5) is 8.78 Å². The Morgan fingerprint density at radius 2 is 2.06 bits per heavy atom. The van der Waals surface area contributed by atoms with Crippen LogP contribution in [-0.4, -0.2) is 30.4 Å². The van der Waals surface area contributed by atoms with Crippen molar-refractivity contribution in [2.24, 2.45) is 0 Å². The van der Waals surface area contributed by atoms with Crippen LogP contribution in [0.2, 0.25) is 0 Å². The highest BCUT2D eigenvalue weighted by Gasteiger charge is 2.44. The van der Waals surface area contributed by atoms with E-state index in [4.69, 9.17) is 5.11 Å². The Hall–Kier alpha value is -1.69. The number of benzene rings is 1. The highest BCUT2D eigenvalue weighted by molar-refractivity contribution is 5.76. The van der Waals surface area contributed by atoms with E-state index in [0.29, 0.717) is 5.56 Å². The smallest absolute Gasteiger partial charge is 0.459 e. The second kappa shape index (κ2) is 6.30. The summed E-state index contributed by atoms with van der Waals surface area (Å²) in [6.07, 6.45) is -3.88. The van der Waals surface area contributed by atoms with Gasteiger partial charge in [-0.2, -0.15) is 8.78 Å². The van der Waals surface area contributed by atoms with Crippen LogP contribution in [0, 0.1) is 0 Å². The molecule has 1 aromatic carbocycles. The number of hydrogen-bond donors (Lipinski definition) is 1. The molecule has 0 radical (unpaired) electrons. The number of rotatable bonds is 6. The molecule has 0 fully saturated rings. The summed E-state index contributed by atoms with van der Waals surface area (Å²) >= 11 is 0. The summed E-state index contributed by atoms with van der Waals surface area (Å²) in [6, 6.07) is 5.96. The van der Waals surface area contributed by atoms with E-state index < -0.39 is 12.1 Å². The van der Waals surface area contributed by atoms with Gasteiger partial charge in [-0.25, -0.2) is 4.79 Å². The molecule has 0 atom stereocenters. The minimum absolute atomic E-state index is 0.149. The lowest BCUT2D eigenvalue weighted by Crippen LogP contribution is -2.37. The molecular weight excluding hydrogens is 246 g/mol. The third-order valence-corrected chi connectivity index (χ3v) is 2.10. The molecule has 6 heteroatoms. The average Bonchev–Trinajstić information content (AvgIpc) is 2.32. The van der Waals surface area contributed by atoms with Gasteiger partial charge in [0.25, 0.3) is 0 Å². The van der Waals surface area contributed by atoms with Gasteiger partial charge in [-0.05, 0) is 25.0 Å². The number of carbonyl (C=O) groups excluding carboxylic acids is 1. The number of alkyl halides is 2. The van der Waals surface area contributed by atoms with Crippen molar-refractivity contribution in [3.63, 3.8) is 0 Å². The van der Waals surface area contributed by atoms with Crippen LogP contribution >= 0.6 is 0 Å². The van der Waals surface area contributed by atoms with Crippen LogP contribution in [0.25, 0.3) is 0 Å². The second-order valence-electron chi connectivity index (χ2n) is 3.42. The first-order valence-electron chi connectivity index (χ1n) is 5.44. The summed E-state index contributed by atoms with van der Waals surface area (Å²) in [5.41, 5.74) is 0.393. The molecule has 0 spiro atoms. The molecule has 0 saturated carbocycles. The standard InChI is InChI=1S/C12H14F2O4/c1-2-17-11(16)12(13,14)18-10-6-4-3-5-9(10)7-8-15/h3-6,15H,2,7-8H2,1H3. The minimum Gasteiger partial charge on any atom is -0.459 e. The number of aliphatic hydroxyl groups is 1. The number of carbonyl (C=O) groups is 1. The molecule has 1 rings (SSSR count). The zero-order valence-corrected chi connectivity index (χ0v) is 9.86. The minimum atomic E-state index is -4.04. The lowest BCUT2D eigenvalue weighted by molar-refractivity contribution is -0.216. The average molecular weight is 260 g/mol. The van der Waals surface area contributed by atoms with E-state index in [1.807, 2.05) is 0 Å². The SMILES string of the molecule is CCOC(=O)C(F)(F)Oc1ccccc1CCO. The van der Waals surface area contributed by atoms with E-state index in [0.717, 1.165) is 0 Å². The monoisotopic (exact) mass is 260 g/mol. The highest BCUT2D eigenvalue weighted by Crippen LogP contribution is 2.26. The van der Waals surface area contributed by atoms with Gasteiger partial charge in [-0.1, -0.05) is 18.2 Å². The Bertz CT molecular complexity index is 407. The number of esters is 1. The summed E-state index contributed by atoms with van der Waals surface area (Å²) in [6.45, 7) is 1.06. The summed E-state index contributed by atoms with van der Waals surface area (Å²) in [4.78, 5) is 11.0. The third kappa shape index (κ3) is 3.66. The van der Waals surface area contributed by atoms with Crippen molar-refractivity contribution >= 4 is 5.97 Å². The van der Waals surface area contributed by atoms with Gasteiger partial charge in [-0.3, -0.25) is 0 Å². The molecule has 100 valence electrons. The van der Waals surface area contributed by atoms with E-state index in [9.17, 15) is 13.6 Å². The molecule has 4 nitrogen and oxygen atoms in total. The van der Waals surface area contributed by atoms with E-state index in [1.54, 1.807) is 6.07 Å². The molecule has 1 aromatic rings. The fourth-order valence-corrected chi connectivity index (χ4v) is 1.33. The Morgan fingerprint density at radius 3 is 2.67 bits per heavy atom. The van der Waals surface area contributed by atoms with Crippen molar-refractivity contribution in [3.8, 4) is 5.75 Å².